The number of halogens is 1. The van der Waals surface area contributed by atoms with Gasteiger partial charge >= 0.3 is 0 Å². The van der Waals surface area contributed by atoms with E-state index in [2.05, 4.69) is 4.98 Å². The predicted molar refractivity (Wildman–Crippen MR) is 54.6 cm³/mol. The highest BCUT2D eigenvalue weighted by molar-refractivity contribution is 7.99. The van der Waals surface area contributed by atoms with Gasteiger partial charge in [0.2, 0.25) is 0 Å². The molecule has 4 heteroatoms. The number of hydrogen-bond donors (Lipinski definition) is 1. The molecular formula is C10H12FNOS. The number of aromatic nitrogens is 1. The van der Waals surface area contributed by atoms with Crippen LogP contribution in [-0.4, -0.2) is 21.6 Å². The van der Waals surface area contributed by atoms with Crippen molar-refractivity contribution in [2.24, 2.45) is 5.92 Å². The Balaban J connectivity index is 2.43. The molecule has 0 aromatic carbocycles. The van der Waals surface area contributed by atoms with Crippen LogP contribution in [0.1, 0.15) is 12.5 Å². The van der Waals surface area contributed by atoms with Gasteiger partial charge in [0.1, 0.15) is 11.4 Å². The molecule has 2 heterocycles. The summed E-state index contributed by atoms with van der Waals surface area (Å²) >= 11 is 1.66. The van der Waals surface area contributed by atoms with Crippen molar-refractivity contribution in [2.75, 3.05) is 11.5 Å². The highest BCUT2D eigenvalue weighted by Crippen LogP contribution is 2.41. The van der Waals surface area contributed by atoms with Gasteiger partial charge in [0.15, 0.2) is 0 Å². The topological polar surface area (TPSA) is 33.1 Å². The average Bonchev–Trinajstić information content (AvgIpc) is 2.49. The summed E-state index contributed by atoms with van der Waals surface area (Å²) < 4.78 is 13.4. The molecule has 0 bridgehead atoms. The van der Waals surface area contributed by atoms with Crippen molar-refractivity contribution in [1.29, 1.82) is 0 Å². The first-order chi connectivity index (χ1) is 6.64. The fourth-order valence-electron chi connectivity index (χ4n) is 1.74. The Morgan fingerprint density at radius 3 is 3.07 bits per heavy atom. The second kappa shape index (κ2) is 3.51. The van der Waals surface area contributed by atoms with Gasteiger partial charge in [-0.15, -0.1) is 0 Å². The van der Waals surface area contributed by atoms with Crippen molar-refractivity contribution < 1.29 is 9.50 Å². The zero-order valence-electron chi connectivity index (χ0n) is 7.90. The quantitative estimate of drug-likeness (QED) is 0.772. The lowest BCUT2D eigenvalue weighted by molar-refractivity contribution is 0.0199. The van der Waals surface area contributed by atoms with Crippen LogP contribution in [0.25, 0.3) is 0 Å². The first kappa shape index (κ1) is 9.93. The fraction of sp³-hybridized carbons (Fsp3) is 0.500. The second-order valence-electron chi connectivity index (χ2n) is 3.70. The van der Waals surface area contributed by atoms with Gasteiger partial charge in [0.25, 0.3) is 0 Å². The summed E-state index contributed by atoms with van der Waals surface area (Å²) in [5.74, 6) is 1.11. The molecule has 1 aromatic heterocycles. The van der Waals surface area contributed by atoms with Crippen molar-refractivity contribution in [3.63, 3.8) is 0 Å². The Hall–Kier alpha value is -0.610. The van der Waals surface area contributed by atoms with Crippen molar-refractivity contribution in [2.45, 2.75) is 12.5 Å². The number of pyridine rings is 1. The molecule has 0 saturated carbocycles. The summed E-state index contributed by atoms with van der Waals surface area (Å²) in [6.07, 6.45) is 2.68. The minimum Gasteiger partial charge on any atom is -0.384 e. The smallest absolute Gasteiger partial charge is 0.147 e. The van der Waals surface area contributed by atoms with Crippen LogP contribution in [0.15, 0.2) is 18.5 Å². The standard InChI is InChI=1S/C10H12FNOS/c1-7-5-14-6-10(7,13)8-2-3-12-4-9(8)11/h2-4,7,13H,5-6H2,1H3. The van der Waals surface area contributed by atoms with Crippen LogP contribution in [0.2, 0.25) is 0 Å². The first-order valence-electron chi connectivity index (χ1n) is 4.54. The molecule has 0 spiro atoms. The monoisotopic (exact) mass is 213 g/mol. The van der Waals surface area contributed by atoms with E-state index < -0.39 is 11.4 Å². The van der Waals surface area contributed by atoms with Gasteiger partial charge < -0.3 is 5.11 Å². The molecule has 1 saturated heterocycles. The van der Waals surface area contributed by atoms with Crippen molar-refractivity contribution >= 4 is 11.8 Å². The van der Waals surface area contributed by atoms with E-state index in [0.717, 1.165) is 11.9 Å². The van der Waals surface area contributed by atoms with Crippen LogP contribution in [0.3, 0.4) is 0 Å². The van der Waals surface area contributed by atoms with E-state index in [0.29, 0.717) is 11.3 Å². The molecule has 14 heavy (non-hydrogen) atoms. The maximum atomic E-state index is 13.4. The molecule has 1 aliphatic rings. The van der Waals surface area contributed by atoms with Gasteiger partial charge in [0.05, 0.1) is 6.20 Å². The van der Waals surface area contributed by atoms with E-state index in [1.165, 1.54) is 6.20 Å². The third kappa shape index (κ3) is 1.42. The Morgan fingerprint density at radius 1 is 1.71 bits per heavy atom. The largest absolute Gasteiger partial charge is 0.384 e. The number of nitrogens with zero attached hydrogens (tertiary/aromatic N) is 1. The molecule has 2 unspecified atom stereocenters. The Labute approximate surface area is 86.6 Å². The molecule has 0 amide bonds. The van der Waals surface area contributed by atoms with Gasteiger partial charge in [-0.25, -0.2) is 4.39 Å². The fourth-order valence-corrected chi connectivity index (χ4v) is 3.24. The van der Waals surface area contributed by atoms with Gasteiger partial charge in [-0.2, -0.15) is 11.8 Å². The summed E-state index contributed by atoms with van der Waals surface area (Å²) in [6.45, 7) is 1.94. The van der Waals surface area contributed by atoms with E-state index >= 15 is 0 Å². The average molecular weight is 213 g/mol. The lowest BCUT2D eigenvalue weighted by atomic mass is 9.85. The molecule has 2 nitrogen and oxygen atoms in total. The van der Waals surface area contributed by atoms with Crippen molar-refractivity contribution in [1.82, 2.24) is 4.98 Å². The van der Waals surface area contributed by atoms with E-state index in [1.54, 1.807) is 17.8 Å². The summed E-state index contributed by atoms with van der Waals surface area (Å²) in [7, 11) is 0. The van der Waals surface area contributed by atoms with E-state index in [4.69, 9.17) is 0 Å². The molecule has 1 fully saturated rings. The molecule has 0 aliphatic carbocycles. The van der Waals surface area contributed by atoms with Gasteiger partial charge in [-0.3, -0.25) is 4.98 Å². The summed E-state index contributed by atoms with van der Waals surface area (Å²) in [4.78, 5) is 3.68. The molecule has 76 valence electrons. The van der Waals surface area contributed by atoms with Crippen LogP contribution in [-0.2, 0) is 5.60 Å². The molecule has 1 aliphatic heterocycles. The SMILES string of the molecule is CC1CSCC1(O)c1ccncc1F. The van der Waals surface area contributed by atoms with E-state index in [9.17, 15) is 9.50 Å². The third-order valence-electron chi connectivity index (χ3n) is 2.74. The number of rotatable bonds is 1. The molecule has 1 N–H and O–H groups in total. The summed E-state index contributed by atoms with van der Waals surface area (Å²) in [5.41, 5.74) is -0.637. The molecule has 0 radical (unpaired) electrons. The van der Waals surface area contributed by atoms with Crippen LogP contribution in [0, 0.1) is 11.7 Å². The Bertz CT molecular complexity index is 347. The van der Waals surface area contributed by atoms with Gasteiger partial charge in [0, 0.05) is 17.5 Å². The van der Waals surface area contributed by atoms with Gasteiger partial charge in [-0.05, 0) is 17.7 Å². The van der Waals surface area contributed by atoms with Crippen LogP contribution in [0.5, 0.6) is 0 Å². The van der Waals surface area contributed by atoms with Crippen molar-refractivity contribution in [3.05, 3.63) is 29.8 Å². The number of aliphatic hydroxyl groups is 1. The minimum atomic E-state index is -1.02. The van der Waals surface area contributed by atoms with E-state index in [1.807, 2.05) is 6.92 Å². The number of thioether (sulfide) groups is 1. The van der Waals surface area contributed by atoms with Crippen molar-refractivity contribution in [3.8, 4) is 0 Å². The molecule has 2 atom stereocenters. The normalized spacial score (nSPS) is 32.1. The minimum absolute atomic E-state index is 0.0874. The first-order valence-corrected chi connectivity index (χ1v) is 5.70. The van der Waals surface area contributed by atoms with Crippen LogP contribution in [0.4, 0.5) is 4.39 Å². The molecular weight excluding hydrogens is 201 g/mol. The Morgan fingerprint density at radius 2 is 2.50 bits per heavy atom. The lowest BCUT2D eigenvalue weighted by Gasteiger charge is -2.27. The zero-order chi connectivity index (χ0) is 10.2. The second-order valence-corrected chi connectivity index (χ2v) is 4.73. The van der Waals surface area contributed by atoms with Crippen LogP contribution < -0.4 is 0 Å². The van der Waals surface area contributed by atoms with E-state index in [-0.39, 0.29) is 5.92 Å². The maximum absolute atomic E-state index is 13.4. The highest BCUT2D eigenvalue weighted by atomic mass is 32.2. The Kier molecular flexibility index (Phi) is 2.49. The third-order valence-corrected chi connectivity index (χ3v) is 4.12. The lowest BCUT2D eigenvalue weighted by Crippen LogP contribution is -2.33. The maximum Gasteiger partial charge on any atom is 0.147 e. The predicted octanol–water partition coefficient (Wildman–Crippen LogP) is 1.79. The highest BCUT2D eigenvalue weighted by Gasteiger charge is 2.42. The summed E-state index contributed by atoms with van der Waals surface area (Å²) in [5, 5.41) is 10.3. The zero-order valence-corrected chi connectivity index (χ0v) is 8.72. The molecule has 2 rings (SSSR count). The van der Waals surface area contributed by atoms with Crippen LogP contribution >= 0.6 is 11.8 Å². The summed E-state index contributed by atoms with van der Waals surface area (Å²) in [6, 6.07) is 1.57. The number of hydrogen-bond acceptors (Lipinski definition) is 3. The molecule has 1 aromatic rings. The van der Waals surface area contributed by atoms with Gasteiger partial charge in [-0.1, -0.05) is 6.92 Å².